The number of Topliss-reactive ketones (excluding diaryl/α,β-unsaturated/α-hetero) is 1. The average Bonchev–Trinajstić information content (AvgIpc) is 3.11. The van der Waals surface area contributed by atoms with Gasteiger partial charge >= 0.3 is 0 Å². The van der Waals surface area contributed by atoms with Crippen molar-refractivity contribution in [3.05, 3.63) is 66.0 Å². The van der Waals surface area contributed by atoms with E-state index in [0.29, 0.717) is 29.5 Å². The summed E-state index contributed by atoms with van der Waals surface area (Å²) in [5.74, 6) is 0.474. The van der Waals surface area contributed by atoms with Gasteiger partial charge in [-0.25, -0.2) is 4.39 Å². The third kappa shape index (κ3) is 4.17. The van der Waals surface area contributed by atoms with Crippen LogP contribution in [0.15, 0.2) is 59.8 Å². The standard InChI is InChI=1S/C22H22FN3OS/c23-18-11-5-4-10-17(18)21-24-25-22(28-20-13-7-6-12-19(20)27)26(21)15-14-16-8-2-1-3-9-16/h1-5,8-11,20H,6-7,12-15H2/t20-/m0/s1. The van der Waals surface area contributed by atoms with Crippen LogP contribution in [0.1, 0.15) is 31.2 Å². The first kappa shape index (κ1) is 18.9. The van der Waals surface area contributed by atoms with Gasteiger partial charge in [0.15, 0.2) is 11.0 Å². The van der Waals surface area contributed by atoms with Crippen LogP contribution in [0, 0.1) is 5.82 Å². The molecule has 1 aromatic heterocycles. The fraction of sp³-hybridized carbons (Fsp3) is 0.318. The topological polar surface area (TPSA) is 47.8 Å². The minimum Gasteiger partial charge on any atom is -0.302 e. The Morgan fingerprint density at radius 1 is 1.04 bits per heavy atom. The Kier molecular flexibility index (Phi) is 5.86. The molecule has 0 unspecified atom stereocenters. The van der Waals surface area contributed by atoms with Crippen molar-refractivity contribution in [2.45, 2.75) is 49.1 Å². The Morgan fingerprint density at radius 3 is 2.61 bits per heavy atom. The molecule has 6 heteroatoms. The van der Waals surface area contributed by atoms with E-state index in [-0.39, 0.29) is 16.9 Å². The molecular weight excluding hydrogens is 373 g/mol. The fourth-order valence-electron chi connectivity index (χ4n) is 3.51. The largest absolute Gasteiger partial charge is 0.302 e. The lowest BCUT2D eigenvalue weighted by molar-refractivity contribution is -0.119. The first-order valence-corrected chi connectivity index (χ1v) is 10.5. The number of carbonyl (C=O) groups excluding carboxylic acids is 1. The zero-order valence-corrected chi connectivity index (χ0v) is 16.4. The van der Waals surface area contributed by atoms with Gasteiger partial charge in [0.1, 0.15) is 11.6 Å². The minimum atomic E-state index is -0.318. The molecule has 0 amide bonds. The SMILES string of the molecule is O=C1CCCC[C@@H]1Sc1nnc(-c2ccccc2F)n1CCc1ccccc1. The van der Waals surface area contributed by atoms with E-state index in [4.69, 9.17) is 0 Å². The van der Waals surface area contributed by atoms with Gasteiger partial charge < -0.3 is 4.57 Å². The molecule has 0 bridgehead atoms. The second-order valence-electron chi connectivity index (χ2n) is 6.99. The van der Waals surface area contributed by atoms with Crippen molar-refractivity contribution in [3.63, 3.8) is 0 Å². The van der Waals surface area contributed by atoms with Crippen molar-refractivity contribution in [1.29, 1.82) is 0 Å². The van der Waals surface area contributed by atoms with Gasteiger partial charge in [-0.3, -0.25) is 4.79 Å². The molecular formula is C22H22FN3OS. The zero-order chi connectivity index (χ0) is 19.3. The highest BCUT2D eigenvalue weighted by molar-refractivity contribution is 8.00. The van der Waals surface area contributed by atoms with E-state index < -0.39 is 0 Å². The van der Waals surface area contributed by atoms with E-state index in [1.807, 2.05) is 22.8 Å². The van der Waals surface area contributed by atoms with Crippen LogP contribution in [-0.2, 0) is 17.8 Å². The van der Waals surface area contributed by atoms with Crippen molar-refractivity contribution in [2.75, 3.05) is 0 Å². The summed E-state index contributed by atoms with van der Waals surface area (Å²) in [5.41, 5.74) is 1.63. The number of aromatic nitrogens is 3. The van der Waals surface area contributed by atoms with E-state index >= 15 is 0 Å². The maximum Gasteiger partial charge on any atom is 0.192 e. The summed E-state index contributed by atoms with van der Waals surface area (Å²) in [4.78, 5) is 12.3. The highest BCUT2D eigenvalue weighted by Gasteiger charge is 2.26. The van der Waals surface area contributed by atoms with Crippen LogP contribution in [0.3, 0.4) is 0 Å². The summed E-state index contributed by atoms with van der Waals surface area (Å²) in [6.07, 6.45) is 4.31. The summed E-state index contributed by atoms with van der Waals surface area (Å²) in [6, 6.07) is 16.8. The van der Waals surface area contributed by atoms with E-state index in [1.54, 1.807) is 18.2 Å². The van der Waals surface area contributed by atoms with Crippen molar-refractivity contribution >= 4 is 17.5 Å². The van der Waals surface area contributed by atoms with Crippen molar-refractivity contribution in [3.8, 4) is 11.4 Å². The van der Waals surface area contributed by atoms with Crippen molar-refractivity contribution in [2.24, 2.45) is 0 Å². The predicted molar refractivity (Wildman–Crippen MR) is 109 cm³/mol. The van der Waals surface area contributed by atoms with Gasteiger partial charge in [0.05, 0.1) is 10.8 Å². The van der Waals surface area contributed by atoms with Crippen LogP contribution in [0.5, 0.6) is 0 Å². The van der Waals surface area contributed by atoms with Gasteiger partial charge in [0.25, 0.3) is 0 Å². The average molecular weight is 396 g/mol. The summed E-state index contributed by atoms with van der Waals surface area (Å²) in [6.45, 7) is 0.629. The number of carbonyl (C=O) groups is 1. The number of aryl methyl sites for hydroxylation is 1. The van der Waals surface area contributed by atoms with Crippen LogP contribution in [0.4, 0.5) is 4.39 Å². The first-order chi connectivity index (χ1) is 13.7. The predicted octanol–water partition coefficient (Wildman–Crippen LogP) is 4.93. The lowest BCUT2D eigenvalue weighted by Crippen LogP contribution is -2.22. The molecule has 1 aliphatic carbocycles. The Bertz CT molecular complexity index is 957. The van der Waals surface area contributed by atoms with Crippen LogP contribution < -0.4 is 0 Å². The second-order valence-corrected chi connectivity index (χ2v) is 8.16. The molecule has 4 rings (SSSR count). The fourth-order valence-corrected chi connectivity index (χ4v) is 4.69. The number of ketones is 1. The summed E-state index contributed by atoms with van der Waals surface area (Å²) in [7, 11) is 0. The molecule has 1 aliphatic rings. The third-order valence-corrected chi connectivity index (χ3v) is 6.34. The van der Waals surface area contributed by atoms with E-state index in [2.05, 4.69) is 22.3 Å². The molecule has 1 fully saturated rings. The Labute approximate surface area is 168 Å². The number of benzene rings is 2. The van der Waals surface area contributed by atoms with Gasteiger partial charge in [-0.1, -0.05) is 60.6 Å². The molecule has 2 aromatic carbocycles. The van der Waals surface area contributed by atoms with Crippen LogP contribution in [-0.4, -0.2) is 25.8 Å². The number of halogens is 1. The molecule has 4 nitrogen and oxygen atoms in total. The quantitative estimate of drug-likeness (QED) is 0.594. The lowest BCUT2D eigenvalue weighted by Gasteiger charge is -2.20. The Balaban J connectivity index is 1.65. The number of rotatable bonds is 6. The zero-order valence-electron chi connectivity index (χ0n) is 15.6. The molecule has 1 saturated carbocycles. The number of thioether (sulfide) groups is 1. The molecule has 3 aromatic rings. The molecule has 144 valence electrons. The van der Waals surface area contributed by atoms with Crippen LogP contribution in [0.25, 0.3) is 11.4 Å². The smallest absolute Gasteiger partial charge is 0.192 e. The van der Waals surface area contributed by atoms with Gasteiger partial charge in [-0.05, 0) is 37.0 Å². The molecule has 0 radical (unpaired) electrons. The summed E-state index contributed by atoms with van der Waals surface area (Å²) < 4.78 is 16.4. The molecule has 1 atom stereocenters. The summed E-state index contributed by atoms with van der Waals surface area (Å²) in [5, 5.41) is 9.23. The van der Waals surface area contributed by atoms with E-state index in [0.717, 1.165) is 25.7 Å². The highest BCUT2D eigenvalue weighted by Crippen LogP contribution is 2.33. The number of hydrogen-bond acceptors (Lipinski definition) is 4. The van der Waals surface area contributed by atoms with E-state index in [1.165, 1.54) is 23.4 Å². The monoisotopic (exact) mass is 395 g/mol. The van der Waals surface area contributed by atoms with Gasteiger partial charge in [-0.15, -0.1) is 10.2 Å². The molecule has 0 saturated heterocycles. The van der Waals surface area contributed by atoms with Gasteiger partial charge in [0.2, 0.25) is 0 Å². The minimum absolute atomic E-state index is 0.0816. The summed E-state index contributed by atoms with van der Waals surface area (Å²) >= 11 is 1.47. The number of nitrogens with zero attached hydrogens (tertiary/aromatic N) is 3. The second kappa shape index (κ2) is 8.69. The van der Waals surface area contributed by atoms with Gasteiger partial charge in [-0.2, -0.15) is 0 Å². The Hall–Kier alpha value is -2.47. The first-order valence-electron chi connectivity index (χ1n) is 9.64. The molecule has 0 aliphatic heterocycles. The molecule has 28 heavy (non-hydrogen) atoms. The third-order valence-electron chi connectivity index (χ3n) is 5.04. The molecule has 0 N–H and O–H groups in total. The molecule has 1 heterocycles. The van der Waals surface area contributed by atoms with Gasteiger partial charge in [0, 0.05) is 13.0 Å². The van der Waals surface area contributed by atoms with E-state index in [9.17, 15) is 9.18 Å². The Morgan fingerprint density at radius 2 is 1.82 bits per heavy atom. The van der Waals surface area contributed by atoms with Crippen molar-refractivity contribution in [1.82, 2.24) is 14.8 Å². The normalized spacial score (nSPS) is 17.0. The highest BCUT2D eigenvalue weighted by atomic mass is 32.2. The van der Waals surface area contributed by atoms with Crippen molar-refractivity contribution < 1.29 is 9.18 Å². The maximum atomic E-state index is 14.4. The van der Waals surface area contributed by atoms with Crippen LogP contribution >= 0.6 is 11.8 Å². The lowest BCUT2D eigenvalue weighted by atomic mass is 9.99. The maximum absolute atomic E-state index is 14.4. The molecule has 0 spiro atoms. The van der Waals surface area contributed by atoms with Crippen LogP contribution in [0.2, 0.25) is 0 Å². The number of hydrogen-bond donors (Lipinski definition) is 0.